The van der Waals surface area contributed by atoms with E-state index in [4.69, 9.17) is 16.3 Å². The van der Waals surface area contributed by atoms with Crippen molar-refractivity contribution in [3.8, 4) is 0 Å². The van der Waals surface area contributed by atoms with Crippen LogP contribution in [0.25, 0.3) is 0 Å². The SMILES string of the molecule is CC(=O)OCC(=O)[C@@]1(O)CC[C@H]2[C@@H]3CCC4=CC(=O)CC[C@]4(C)[C@H]3C(=O)C[C@@]21C.C[C@]12C=CC(=O)C=C1C(Cl)=C[C@@H]1[C@@H]2[C@@H](O)C[C@@]2(C)[C@H]1CC[C@]2(O)C(=O)CO. The molecule has 0 saturated heterocycles. The van der Waals surface area contributed by atoms with Gasteiger partial charge in [-0.05, 0) is 104 Å². The third kappa shape index (κ3) is 5.72. The topological polar surface area (TPSA) is 193 Å². The van der Waals surface area contributed by atoms with Gasteiger partial charge < -0.3 is 25.2 Å². The molecule has 13 atom stereocenters. The standard InChI is InChI=1S/C23H30O6.C21H25ClO5/c1-13(24)29-12-19(27)23(28)9-7-17-16-5-4-14-10-15(25)6-8-21(14,2)20(16)18(26)11-22(17,23)3;1-19-5-3-11(24)7-14(19)15(22)8-12-13-4-6-21(27,17(26)10-23)20(13,2)9-16(25)18(12)19/h10,16-17,20,28H,4-9,11-12H2,1-3H3;3,5,7-8,12-13,16,18,23,25,27H,4,6,9-10H2,1-2H3/t16-,17-,20+,21-,22-,23-;12-,13-,16-,18+,19-,20-,21-/m00/s1. The first-order valence-corrected chi connectivity index (χ1v) is 20.5. The Balaban J connectivity index is 0.000000172. The molecule has 304 valence electrons. The van der Waals surface area contributed by atoms with Gasteiger partial charge in [-0.15, -0.1) is 0 Å². The van der Waals surface area contributed by atoms with Crippen LogP contribution in [0.1, 0.15) is 98.8 Å². The van der Waals surface area contributed by atoms with E-state index in [1.54, 1.807) is 6.08 Å². The molecule has 0 radical (unpaired) electrons. The Morgan fingerprint density at radius 3 is 2.21 bits per heavy atom. The normalized spacial score (nSPS) is 45.9. The first-order chi connectivity index (χ1) is 26.1. The van der Waals surface area contributed by atoms with Gasteiger partial charge in [0.25, 0.3) is 0 Å². The Labute approximate surface area is 332 Å². The molecule has 0 heterocycles. The van der Waals surface area contributed by atoms with Crippen LogP contribution >= 0.6 is 11.6 Å². The Hall–Kier alpha value is -3.09. The molecule has 0 aromatic heterocycles. The molecule has 56 heavy (non-hydrogen) atoms. The summed E-state index contributed by atoms with van der Waals surface area (Å²) in [6.07, 6.45) is 12.8. The van der Waals surface area contributed by atoms with Crippen molar-refractivity contribution in [3.63, 3.8) is 0 Å². The Kier molecular flexibility index (Phi) is 10.1. The van der Waals surface area contributed by atoms with Gasteiger partial charge in [0.15, 0.2) is 24.0 Å². The van der Waals surface area contributed by atoms with Gasteiger partial charge in [0.2, 0.25) is 5.78 Å². The number of allylic oxidation sites excluding steroid dienone is 7. The lowest BCUT2D eigenvalue weighted by atomic mass is 9.46. The fourth-order valence-electron chi connectivity index (χ4n) is 13.6. The van der Waals surface area contributed by atoms with Crippen LogP contribution in [-0.4, -0.2) is 85.8 Å². The second-order valence-electron chi connectivity index (χ2n) is 19.0. The lowest BCUT2D eigenvalue weighted by Crippen LogP contribution is -2.61. The highest BCUT2D eigenvalue weighted by Gasteiger charge is 2.70. The Morgan fingerprint density at radius 2 is 1.55 bits per heavy atom. The molecular weight excluding hydrogens is 740 g/mol. The molecule has 0 bridgehead atoms. The number of aliphatic hydroxyl groups excluding tert-OH is 2. The van der Waals surface area contributed by atoms with E-state index in [1.807, 2.05) is 32.9 Å². The van der Waals surface area contributed by atoms with E-state index in [9.17, 15) is 49.2 Å². The number of carbonyl (C=O) groups is 6. The number of halogens is 1. The summed E-state index contributed by atoms with van der Waals surface area (Å²) in [6.45, 7) is 7.87. The smallest absolute Gasteiger partial charge is 0.303 e. The lowest BCUT2D eigenvalue weighted by Gasteiger charge is -2.58. The van der Waals surface area contributed by atoms with Crippen LogP contribution in [0.4, 0.5) is 0 Å². The van der Waals surface area contributed by atoms with E-state index in [0.717, 1.165) is 24.0 Å². The van der Waals surface area contributed by atoms with E-state index >= 15 is 0 Å². The van der Waals surface area contributed by atoms with Crippen molar-refractivity contribution < 1.29 is 53.9 Å². The molecule has 11 nitrogen and oxygen atoms in total. The summed E-state index contributed by atoms with van der Waals surface area (Å²) < 4.78 is 4.86. The van der Waals surface area contributed by atoms with Crippen molar-refractivity contribution in [1.82, 2.24) is 0 Å². The lowest BCUT2D eigenvalue weighted by molar-refractivity contribution is -0.173. The van der Waals surface area contributed by atoms with Gasteiger partial charge in [-0.3, -0.25) is 28.8 Å². The highest BCUT2D eigenvalue weighted by atomic mass is 35.5. The molecule has 8 aliphatic rings. The molecule has 5 saturated carbocycles. The number of ketones is 5. The van der Waals surface area contributed by atoms with Crippen LogP contribution < -0.4 is 0 Å². The predicted molar refractivity (Wildman–Crippen MR) is 203 cm³/mol. The summed E-state index contributed by atoms with van der Waals surface area (Å²) in [7, 11) is 0. The number of carbonyl (C=O) groups excluding carboxylic acids is 6. The summed E-state index contributed by atoms with van der Waals surface area (Å²) in [5.41, 5.74) is -4.02. The number of rotatable bonds is 5. The van der Waals surface area contributed by atoms with Crippen molar-refractivity contribution in [2.45, 2.75) is 116 Å². The van der Waals surface area contributed by atoms with Gasteiger partial charge in [0.05, 0.1) is 6.10 Å². The highest BCUT2D eigenvalue weighted by molar-refractivity contribution is 6.32. The molecule has 12 heteroatoms. The van der Waals surface area contributed by atoms with E-state index < -0.39 is 64.3 Å². The quantitative estimate of drug-likeness (QED) is 0.287. The maximum absolute atomic E-state index is 13.5. The summed E-state index contributed by atoms with van der Waals surface area (Å²) in [5.74, 6) is -1.89. The molecule has 0 unspecified atom stereocenters. The van der Waals surface area contributed by atoms with E-state index in [2.05, 4.69) is 6.92 Å². The zero-order valence-electron chi connectivity index (χ0n) is 32.9. The second kappa shape index (κ2) is 13.8. The third-order valence-corrected chi connectivity index (χ3v) is 16.9. The molecule has 0 spiro atoms. The van der Waals surface area contributed by atoms with Gasteiger partial charge in [-0.2, -0.15) is 0 Å². The van der Waals surface area contributed by atoms with Gasteiger partial charge >= 0.3 is 5.97 Å². The van der Waals surface area contributed by atoms with E-state index in [0.29, 0.717) is 37.1 Å². The number of hydrogen-bond acceptors (Lipinski definition) is 11. The Bertz CT molecular complexity index is 1910. The third-order valence-electron chi connectivity index (χ3n) is 16.5. The molecule has 0 aromatic rings. The zero-order chi connectivity index (χ0) is 41.0. The van der Waals surface area contributed by atoms with E-state index in [1.165, 1.54) is 19.1 Å². The van der Waals surface area contributed by atoms with Gasteiger partial charge in [0, 0.05) is 52.9 Å². The molecular formula is C44H55ClO11. The van der Waals surface area contributed by atoms with Crippen molar-refractivity contribution in [1.29, 1.82) is 0 Å². The van der Waals surface area contributed by atoms with Crippen LogP contribution in [0.3, 0.4) is 0 Å². The van der Waals surface area contributed by atoms with Crippen LogP contribution in [0.5, 0.6) is 0 Å². The Morgan fingerprint density at radius 1 is 0.893 bits per heavy atom. The van der Waals surface area contributed by atoms with Crippen molar-refractivity contribution in [3.05, 3.63) is 46.6 Å². The summed E-state index contributed by atoms with van der Waals surface area (Å²) >= 11 is 6.57. The minimum absolute atomic E-state index is 0.0513. The van der Waals surface area contributed by atoms with Crippen LogP contribution in [0, 0.1) is 57.2 Å². The van der Waals surface area contributed by atoms with E-state index in [-0.39, 0.29) is 77.5 Å². The number of hydrogen-bond donors (Lipinski definition) is 4. The highest BCUT2D eigenvalue weighted by Crippen LogP contribution is 2.68. The maximum atomic E-state index is 13.5. The molecule has 5 fully saturated rings. The van der Waals surface area contributed by atoms with Crippen LogP contribution in [0.15, 0.2) is 46.6 Å². The molecule has 4 N–H and O–H groups in total. The maximum Gasteiger partial charge on any atom is 0.303 e. The monoisotopic (exact) mass is 794 g/mol. The first-order valence-electron chi connectivity index (χ1n) is 20.1. The number of aliphatic hydroxyl groups is 4. The minimum atomic E-state index is -1.65. The molecule has 0 aromatic carbocycles. The average molecular weight is 795 g/mol. The van der Waals surface area contributed by atoms with Crippen LogP contribution in [0.2, 0.25) is 0 Å². The molecule has 8 rings (SSSR count). The average Bonchev–Trinajstić information content (AvgIpc) is 3.56. The fourth-order valence-corrected chi connectivity index (χ4v) is 14.0. The van der Waals surface area contributed by atoms with Gasteiger partial charge in [-0.1, -0.05) is 57.0 Å². The van der Waals surface area contributed by atoms with Crippen molar-refractivity contribution >= 4 is 46.5 Å². The minimum Gasteiger partial charge on any atom is -0.458 e. The summed E-state index contributed by atoms with van der Waals surface area (Å²) in [4.78, 5) is 73.6. The fraction of sp³-hybridized carbons (Fsp3) is 0.682. The van der Waals surface area contributed by atoms with Gasteiger partial charge in [0.1, 0.15) is 23.6 Å². The molecule has 8 aliphatic carbocycles. The predicted octanol–water partition coefficient (Wildman–Crippen LogP) is 4.46. The number of esters is 1. The van der Waals surface area contributed by atoms with Gasteiger partial charge in [-0.25, -0.2) is 0 Å². The van der Waals surface area contributed by atoms with Crippen LogP contribution in [-0.2, 0) is 33.5 Å². The second-order valence-corrected chi connectivity index (χ2v) is 19.4. The number of Topliss-reactive ketones (excluding diaryl/α,β-unsaturated/α-hetero) is 3. The molecule has 0 aliphatic heterocycles. The number of ether oxygens (including phenoxy) is 1. The number of fused-ring (bicyclic) bond motifs is 10. The zero-order valence-corrected chi connectivity index (χ0v) is 33.7. The first kappa shape index (κ1) is 41.1. The summed E-state index contributed by atoms with van der Waals surface area (Å²) in [6, 6.07) is 0. The largest absolute Gasteiger partial charge is 0.458 e. The van der Waals surface area contributed by atoms with Crippen molar-refractivity contribution in [2.24, 2.45) is 57.2 Å². The summed E-state index contributed by atoms with van der Waals surface area (Å²) in [5, 5.41) is 43.6. The molecule has 0 amide bonds. The van der Waals surface area contributed by atoms with Crippen molar-refractivity contribution in [2.75, 3.05) is 13.2 Å².